The average Bonchev–Trinajstić information content (AvgIpc) is 3.16. The molecule has 140 valence electrons. The Morgan fingerprint density at radius 3 is 2.39 bits per heavy atom. The minimum Gasteiger partial charge on any atom is -0.359 e. The van der Waals surface area contributed by atoms with Gasteiger partial charge in [0.2, 0.25) is 11.8 Å². The van der Waals surface area contributed by atoms with E-state index >= 15 is 0 Å². The minimum atomic E-state index is -0.720. The third-order valence-corrected chi connectivity index (χ3v) is 6.29. The lowest BCUT2D eigenvalue weighted by Gasteiger charge is -2.35. The Morgan fingerprint density at radius 1 is 0.964 bits per heavy atom. The van der Waals surface area contributed by atoms with Crippen LogP contribution in [-0.4, -0.2) is 28.5 Å². The number of benzene rings is 2. The van der Waals surface area contributed by atoms with Crippen LogP contribution in [-0.2, 0) is 14.4 Å². The first kappa shape index (κ1) is 17.2. The van der Waals surface area contributed by atoms with Crippen LogP contribution in [0.25, 0.3) is 6.08 Å². The van der Waals surface area contributed by atoms with Gasteiger partial charge in [-0.2, -0.15) is 0 Å². The first-order valence-electron chi connectivity index (χ1n) is 9.18. The molecule has 0 spiro atoms. The molecule has 3 heterocycles. The van der Waals surface area contributed by atoms with Crippen LogP contribution in [0.4, 0.5) is 5.69 Å². The number of ketones is 1. The lowest BCUT2D eigenvalue weighted by atomic mass is 9.84. The predicted octanol–water partition coefficient (Wildman–Crippen LogP) is 3.44. The number of carbonyl (C=O) groups is 3. The zero-order chi connectivity index (χ0) is 19.6. The van der Waals surface area contributed by atoms with E-state index < -0.39 is 17.9 Å². The number of rotatable bonds is 2. The van der Waals surface area contributed by atoms with E-state index in [9.17, 15) is 14.4 Å². The molecule has 3 aliphatic rings. The van der Waals surface area contributed by atoms with Gasteiger partial charge in [-0.15, -0.1) is 0 Å². The van der Waals surface area contributed by atoms with Crippen molar-refractivity contribution in [2.24, 2.45) is 11.8 Å². The van der Waals surface area contributed by atoms with Crippen LogP contribution in [0.1, 0.15) is 24.1 Å². The number of nitrogens with zero attached hydrogens (tertiary/aromatic N) is 2. The number of halogens is 1. The van der Waals surface area contributed by atoms with E-state index in [0.29, 0.717) is 10.7 Å². The van der Waals surface area contributed by atoms with Crippen LogP contribution in [0.15, 0.2) is 54.7 Å². The highest BCUT2D eigenvalue weighted by Crippen LogP contribution is 2.53. The number of fused-ring (bicyclic) bond motifs is 5. The molecule has 2 aromatic carbocycles. The van der Waals surface area contributed by atoms with Crippen molar-refractivity contribution in [3.05, 3.63) is 70.9 Å². The molecule has 5 rings (SSSR count). The molecular weight excluding hydrogens is 376 g/mol. The maximum Gasteiger partial charge on any atom is 0.240 e. The van der Waals surface area contributed by atoms with Crippen molar-refractivity contribution < 1.29 is 14.4 Å². The standard InChI is InChI=1S/C22H17ClN2O3/c1-12(26)19-17-18(20-14-7-3-2-6-13(14)10-11-24(19)20)22(28)25(21(17)27)16-9-5-4-8-15(16)23/h2-11,17-20H,1H3/t17-,18+,19+,20+/m1/s1. The molecule has 2 saturated heterocycles. The molecule has 6 heteroatoms. The summed E-state index contributed by atoms with van der Waals surface area (Å²) in [4.78, 5) is 42.4. The molecule has 5 nitrogen and oxygen atoms in total. The summed E-state index contributed by atoms with van der Waals surface area (Å²) in [5, 5.41) is 0.337. The number of para-hydroxylation sites is 1. The molecule has 4 atom stereocenters. The second kappa shape index (κ2) is 6.04. The summed E-state index contributed by atoms with van der Waals surface area (Å²) in [5.74, 6) is -2.12. The van der Waals surface area contributed by atoms with Crippen LogP contribution >= 0.6 is 11.6 Å². The summed E-state index contributed by atoms with van der Waals surface area (Å²) in [6.45, 7) is 1.48. The normalized spacial score (nSPS) is 27.6. The highest BCUT2D eigenvalue weighted by atomic mass is 35.5. The minimum absolute atomic E-state index is 0.122. The second-order valence-electron chi connectivity index (χ2n) is 7.41. The molecule has 0 saturated carbocycles. The summed E-state index contributed by atoms with van der Waals surface area (Å²) in [5.41, 5.74) is 2.34. The molecule has 0 bridgehead atoms. The molecule has 0 aromatic heterocycles. The molecule has 2 fully saturated rings. The molecular formula is C22H17ClN2O3. The Morgan fingerprint density at radius 2 is 1.64 bits per heavy atom. The third kappa shape index (κ3) is 2.17. The van der Waals surface area contributed by atoms with Gasteiger partial charge in [0, 0.05) is 6.20 Å². The maximum atomic E-state index is 13.5. The van der Waals surface area contributed by atoms with Crippen LogP contribution < -0.4 is 4.90 Å². The summed E-state index contributed by atoms with van der Waals surface area (Å²) in [6, 6.07) is 13.6. The predicted molar refractivity (Wildman–Crippen MR) is 105 cm³/mol. The Hall–Kier alpha value is -2.92. The SMILES string of the molecule is CC(=O)[C@H]1[C@@H]2C(=O)N(c3ccccc3Cl)C(=O)[C@@H]2[C@@H]2c3ccccc3C=CN12. The van der Waals surface area contributed by atoms with Gasteiger partial charge in [-0.3, -0.25) is 14.4 Å². The first-order chi connectivity index (χ1) is 13.5. The highest BCUT2D eigenvalue weighted by Gasteiger charge is 2.64. The van der Waals surface area contributed by atoms with Gasteiger partial charge >= 0.3 is 0 Å². The highest BCUT2D eigenvalue weighted by molar-refractivity contribution is 6.36. The molecule has 3 aliphatic heterocycles. The van der Waals surface area contributed by atoms with Gasteiger partial charge in [0.05, 0.1) is 34.6 Å². The van der Waals surface area contributed by atoms with Crippen molar-refractivity contribution in [2.75, 3.05) is 4.90 Å². The van der Waals surface area contributed by atoms with E-state index in [2.05, 4.69) is 0 Å². The molecule has 2 aromatic rings. The maximum absolute atomic E-state index is 13.5. The van der Waals surface area contributed by atoms with E-state index in [1.807, 2.05) is 41.4 Å². The molecule has 28 heavy (non-hydrogen) atoms. The fourth-order valence-corrected chi connectivity index (χ4v) is 5.11. The van der Waals surface area contributed by atoms with E-state index in [1.165, 1.54) is 11.8 Å². The van der Waals surface area contributed by atoms with Gasteiger partial charge in [-0.1, -0.05) is 48.0 Å². The lowest BCUT2D eigenvalue weighted by Crippen LogP contribution is -2.43. The number of imide groups is 1. The summed E-state index contributed by atoms with van der Waals surface area (Å²) < 4.78 is 0. The Balaban J connectivity index is 1.67. The monoisotopic (exact) mass is 392 g/mol. The van der Waals surface area contributed by atoms with Crippen molar-refractivity contribution in [3.63, 3.8) is 0 Å². The van der Waals surface area contributed by atoms with Gasteiger partial charge in [0.1, 0.15) is 0 Å². The number of Topliss-reactive ketones (excluding diaryl/α,β-unsaturated/α-hetero) is 1. The number of hydrogen-bond donors (Lipinski definition) is 0. The Bertz CT molecular complexity index is 1060. The topological polar surface area (TPSA) is 57.7 Å². The third-order valence-electron chi connectivity index (χ3n) is 5.97. The Kier molecular flexibility index (Phi) is 3.71. The van der Waals surface area contributed by atoms with Crippen LogP contribution in [0, 0.1) is 11.8 Å². The smallest absolute Gasteiger partial charge is 0.240 e. The number of carbonyl (C=O) groups excluding carboxylic acids is 3. The number of anilines is 1. The van der Waals surface area contributed by atoms with Crippen LogP contribution in [0.2, 0.25) is 5.02 Å². The molecule has 0 aliphatic carbocycles. The molecule has 2 amide bonds. The molecule has 0 N–H and O–H groups in total. The Labute approximate surface area is 167 Å². The van der Waals surface area contributed by atoms with E-state index in [1.54, 1.807) is 24.3 Å². The van der Waals surface area contributed by atoms with Gasteiger partial charge in [0.25, 0.3) is 0 Å². The zero-order valence-electron chi connectivity index (χ0n) is 15.1. The van der Waals surface area contributed by atoms with Gasteiger partial charge < -0.3 is 4.90 Å². The number of amides is 2. The van der Waals surface area contributed by atoms with Crippen LogP contribution in [0.5, 0.6) is 0 Å². The van der Waals surface area contributed by atoms with Gasteiger partial charge in [-0.05, 0) is 36.3 Å². The molecule has 0 unspecified atom stereocenters. The van der Waals surface area contributed by atoms with Crippen molar-refractivity contribution >= 4 is 41.0 Å². The van der Waals surface area contributed by atoms with E-state index in [4.69, 9.17) is 11.6 Å². The van der Waals surface area contributed by atoms with Gasteiger partial charge in [-0.25, -0.2) is 4.90 Å². The van der Waals surface area contributed by atoms with Gasteiger partial charge in [0.15, 0.2) is 5.78 Å². The average molecular weight is 393 g/mol. The zero-order valence-corrected chi connectivity index (χ0v) is 15.8. The summed E-state index contributed by atoms with van der Waals surface area (Å²) >= 11 is 6.27. The summed E-state index contributed by atoms with van der Waals surface area (Å²) in [7, 11) is 0. The van der Waals surface area contributed by atoms with Crippen LogP contribution in [0.3, 0.4) is 0 Å². The number of hydrogen-bond acceptors (Lipinski definition) is 4. The van der Waals surface area contributed by atoms with Crippen molar-refractivity contribution in [2.45, 2.75) is 19.0 Å². The van der Waals surface area contributed by atoms with Crippen molar-refractivity contribution in [1.29, 1.82) is 0 Å². The van der Waals surface area contributed by atoms with E-state index in [-0.39, 0.29) is 23.6 Å². The van der Waals surface area contributed by atoms with Crippen molar-refractivity contribution in [1.82, 2.24) is 4.90 Å². The largest absolute Gasteiger partial charge is 0.359 e. The fraction of sp³-hybridized carbons (Fsp3) is 0.227. The lowest BCUT2D eigenvalue weighted by molar-refractivity contribution is -0.129. The fourth-order valence-electron chi connectivity index (χ4n) is 4.89. The van der Waals surface area contributed by atoms with Crippen molar-refractivity contribution in [3.8, 4) is 0 Å². The summed E-state index contributed by atoms with van der Waals surface area (Å²) in [6.07, 6.45) is 3.78. The molecule has 0 radical (unpaired) electrons. The first-order valence-corrected chi connectivity index (χ1v) is 9.56. The van der Waals surface area contributed by atoms with E-state index in [0.717, 1.165) is 11.1 Å². The quantitative estimate of drug-likeness (QED) is 0.734. The second-order valence-corrected chi connectivity index (χ2v) is 7.81.